The molecule has 0 aliphatic carbocycles. The number of thioether (sulfide) groups is 1. The van der Waals surface area contributed by atoms with Crippen LogP contribution in [0.4, 0.5) is 11.4 Å². The topological polar surface area (TPSA) is 55.2 Å². The average Bonchev–Trinajstić information content (AvgIpc) is 2.46. The summed E-state index contributed by atoms with van der Waals surface area (Å²) in [6, 6.07) is 13.5. The third kappa shape index (κ3) is 3.51. The lowest BCUT2D eigenvalue weighted by atomic mass is 10.2. The molecule has 0 aliphatic heterocycles. The highest BCUT2D eigenvalue weighted by atomic mass is 32.2. The second-order valence-electron chi connectivity index (χ2n) is 4.46. The van der Waals surface area contributed by atoms with E-state index < -0.39 is 0 Å². The van der Waals surface area contributed by atoms with Crippen molar-refractivity contribution in [2.24, 2.45) is 0 Å². The summed E-state index contributed by atoms with van der Waals surface area (Å²) in [6.07, 6.45) is 0. The van der Waals surface area contributed by atoms with Crippen molar-refractivity contribution in [2.75, 3.05) is 12.4 Å². The van der Waals surface area contributed by atoms with Crippen molar-refractivity contribution in [3.05, 3.63) is 63.7 Å². The number of nitrogens with zero attached hydrogens (tertiary/aromatic N) is 1. The zero-order valence-electron chi connectivity index (χ0n) is 11.4. The Hall–Kier alpha value is -2.01. The summed E-state index contributed by atoms with van der Waals surface area (Å²) in [5.74, 6) is 0.787. The van der Waals surface area contributed by atoms with E-state index in [2.05, 4.69) is 36.5 Å². The molecule has 1 N–H and O–H groups in total. The van der Waals surface area contributed by atoms with Gasteiger partial charge in [-0.1, -0.05) is 23.8 Å². The number of hydrogen-bond acceptors (Lipinski definition) is 4. The van der Waals surface area contributed by atoms with Crippen LogP contribution in [0.5, 0.6) is 0 Å². The number of nitrogens with one attached hydrogen (secondary N) is 1. The summed E-state index contributed by atoms with van der Waals surface area (Å²) >= 11 is 1.72. The van der Waals surface area contributed by atoms with Crippen LogP contribution in [0.25, 0.3) is 0 Å². The maximum atomic E-state index is 10.9. The van der Waals surface area contributed by atoms with Gasteiger partial charge in [-0.3, -0.25) is 10.1 Å². The fourth-order valence-electron chi connectivity index (χ4n) is 1.83. The highest BCUT2D eigenvalue weighted by molar-refractivity contribution is 7.98. The Balaban J connectivity index is 2.10. The lowest BCUT2D eigenvalue weighted by molar-refractivity contribution is -0.383. The van der Waals surface area contributed by atoms with E-state index in [4.69, 9.17) is 0 Å². The van der Waals surface area contributed by atoms with E-state index in [1.807, 2.05) is 6.07 Å². The molecule has 0 bridgehead atoms. The largest absolute Gasteiger partial charge is 0.383 e. The number of aryl methyl sites for hydroxylation is 1. The van der Waals surface area contributed by atoms with E-state index in [9.17, 15) is 10.1 Å². The Labute approximate surface area is 122 Å². The fourth-order valence-corrected chi connectivity index (χ4v) is 2.68. The molecule has 4 nitrogen and oxygen atoms in total. The summed E-state index contributed by atoms with van der Waals surface area (Å²) in [6.45, 7) is 2.06. The number of nitro groups is 1. The molecule has 0 radical (unpaired) electrons. The van der Waals surface area contributed by atoms with Gasteiger partial charge in [0.1, 0.15) is 5.69 Å². The van der Waals surface area contributed by atoms with E-state index in [0.717, 1.165) is 11.3 Å². The van der Waals surface area contributed by atoms with Gasteiger partial charge in [0, 0.05) is 23.8 Å². The molecule has 0 heterocycles. The molecule has 2 aromatic rings. The Kier molecular flexibility index (Phi) is 4.63. The Morgan fingerprint density at radius 2 is 1.90 bits per heavy atom. The van der Waals surface area contributed by atoms with Gasteiger partial charge in [-0.25, -0.2) is 0 Å². The van der Waals surface area contributed by atoms with Crippen LogP contribution >= 0.6 is 11.8 Å². The SMILES string of the molecule is CNc1cc(CSc2ccc(C)cc2)ccc1[N+](=O)[O-]. The molecule has 0 aliphatic rings. The zero-order chi connectivity index (χ0) is 14.5. The fraction of sp³-hybridized carbons (Fsp3) is 0.200. The maximum Gasteiger partial charge on any atom is 0.292 e. The summed E-state index contributed by atoms with van der Waals surface area (Å²) < 4.78 is 0. The highest BCUT2D eigenvalue weighted by Crippen LogP contribution is 2.29. The number of anilines is 1. The first-order valence-electron chi connectivity index (χ1n) is 6.24. The van der Waals surface area contributed by atoms with Crippen LogP contribution in [-0.4, -0.2) is 12.0 Å². The van der Waals surface area contributed by atoms with Gasteiger partial charge in [0.2, 0.25) is 0 Å². The van der Waals surface area contributed by atoms with E-state index in [1.54, 1.807) is 30.9 Å². The summed E-state index contributed by atoms with van der Waals surface area (Å²) in [5.41, 5.74) is 2.96. The minimum absolute atomic E-state index is 0.108. The van der Waals surface area contributed by atoms with Gasteiger partial charge in [0.15, 0.2) is 0 Å². The Bertz CT molecular complexity index is 612. The van der Waals surface area contributed by atoms with Crippen molar-refractivity contribution >= 4 is 23.1 Å². The smallest absolute Gasteiger partial charge is 0.292 e. The first-order valence-corrected chi connectivity index (χ1v) is 7.23. The molecule has 2 aromatic carbocycles. The number of hydrogen-bond donors (Lipinski definition) is 1. The molecular formula is C15H16N2O2S. The number of benzene rings is 2. The second kappa shape index (κ2) is 6.43. The molecule has 0 saturated heterocycles. The molecule has 0 aromatic heterocycles. The van der Waals surface area contributed by atoms with Crippen LogP contribution in [0.2, 0.25) is 0 Å². The Morgan fingerprint density at radius 1 is 1.20 bits per heavy atom. The first kappa shape index (κ1) is 14.4. The van der Waals surface area contributed by atoms with E-state index in [-0.39, 0.29) is 10.6 Å². The lowest BCUT2D eigenvalue weighted by Gasteiger charge is -2.06. The molecule has 104 valence electrons. The predicted molar refractivity (Wildman–Crippen MR) is 83.4 cm³/mol. The van der Waals surface area contributed by atoms with Crippen LogP contribution in [-0.2, 0) is 5.75 Å². The highest BCUT2D eigenvalue weighted by Gasteiger charge is 2.12. The van der Waals surface area contributed by atoms with E-state index in [0.29, 0.717) is 5.69 Å². The first-order chi connectivity index (χ1) is 9.60. The van der Waals surface area contributed by atoms with Crippen molar-refractivity contribution in [3.8, 4) is 0 Å². The van der Waals surface area contributed by atoms with Crippen molar-refractivity contribution in [1.82, 2.24) is 0 Å². The molecule has 0 atom stereocenters. The van der Waals surface area contributed by atoms with Crippen molar-refractivity contribution < 1.29 is 4.92 Å². The van der Waals surface area contributed by atoms with Gasteiger partial charge < -0.3 is 5.32 Å². The molecule has 0 spiro atoms. The van der Waals surface area contributed by atoms with Crippen molar-refractivity contribution in [2.45, 2.75) is 17.6 Å². The van der Waals surface area contributed by atoms with Gasteiger partial charge in [-0.05, 0) is 30.7 Å². The minimum Gasteiger partial charge on any atom is -0.383 e. The normalized spacial score (nSPS) is 10.3. The van der Waals surface area contributed by atoms with Gasteiger partial charge in [0.25, 0.3) is 5.69 Å². The lowest BCUT2D eigenvalue weighted by Crippen LogP contribution is -1.97. The van der Waals surface area contributed by atoms with Crippen LogP contribution in [0, 0.1) is 17.0 Å². The number of rotatable bonds is 5. The van der Waals surface area contributed by atoms with Gasteiger partial charge in [-0.15, -0.1) is 11.8 Å². The molecule has 5 heteroatoms. The summed E-state index contributed by atoms with van der Waals surface area (Å²) in [7, 11) is 1.69. The molecule has 20 heavy (non-hydrogen) atoms. The quantitative estimate of drug-likeness (QED) is 0.508. The zero-order valence-corrected chi connectivity index (χ0v) is 12.2. The molecule has 0 amide bonds. The summed E-state index contributed by atoms with van der Waals surface area (Å²) in [5, 5.41) is 13.7. The second-order valence-corrected chi connectivity index (χ2v) is 5.51. The van der Waals surface area contributed by atoms with E-state index >= 15 is 0 Å². The van der Waals surface area contributed by atoms with Crippen LogP contribution < -0.4 is 5.32 Å². The molecule has 0 fully saturated rings. The van der Waals surface area contributed by atoms with Crippen LogP contribution in [0.1, 0.15) is 11.1 Å². The maximum absolute atomic E-state index is 10.9. The van der Waals surface area contributed by atoms with Gasteiger partial charge in [0.05, 0.1) is 4.92 Å². The number of nitro benzene ring substituents is 1. The van der Waals surface area contributed by atoms with Gasteiger partial charge >= 0.3 is 0 Å². The summed E-state index contributed by atoms with van der Waals surface area (Å²) in [4.78, 5) is 11.7. The Morgan fingerprint density at radius 3 is 2.50 bits per heavy atom. The van der Waals surface area contributed by atoms with E-state index in [1.165, 1.54) is 10.5 Å². The molecular weight excluding hydrogens is 272 g/mol. The standard InChI is InChI=1S/C15H16N2O2S/c1-11-3-6-13(7-4-11)20-10-12-5-8-15(17(18)19)14(9-12)16-2/h3-9,16H,10H2,1-2H3. The molecule has 2 rings (SSSR count). The van der Waals surface area contributed by atoms with Crippen LogP contribution in [0.3, 0.4) is 0 Å². The van der Waals surface area contributed by atoms with Gasteiger partial charge in [-0.2, -0.15) is 0 Å². The predicted octanol–water partition coefficient (Wildman–Crippen LogP) is 4.24. The minimum atomic E-state index is -0.372. The van der Waals surface area contributed by atoms with Crippen molar-refractivity contribution in [1.29, 1.82) is 0 Å². The average molecular weight is 288 g/mol. The van der Waals surface area contributed by atoms with Crippen LogP contribution in [0.15, 0.2) is 47.4 Å². The third-order valence-corrected chi connectivity index (χ3v) is 4.04. The third-order valence-electron chi connectivity index (χ3n) is 2.95. The molecule has 0 saturated carbocycles. The molecule has 0 unspecified atom stereocenters. The van der Waals surface area contributed by atoms with Crippen molar-refractivity contribution in [3.63, 3.8) is 0 Å². The monoisotopic (exact) mass is 288 g/mol.